The van der Waals surface area contributed by atoms with Crippen LogP contribution in [0.15, 0.2) is 54.7 Å². The lowest BCUT2D eigenvalue weighted by atomic mass is 9.91. The molecule has 25 heavy (non-hydrogen) atoms. The molecule has 4 rings (SSSR count). The Kier molecular flexibility index (Phi) is 3.90. The number of aromatic amines is 2. The molecule has 2 N–H and O–H groups in total. The first kappa shape index (κ1) is 15.7. The van der Waals surface area contributed by atoms with Crippen molar-refractivity contribution in [2.24, 2.45) is 0 Å². The molecule has 0 aliphatic rings. The zero-order valence-corrected chi connectivity index (χ0v) is 14.4. The molecule has 4 nitrogen and oxygen atoms in total. The molecule has 0 aliphatic heterocycles. The molecule has 0 saturated carbocycles. The summed E-state index contributed by atoms with van der Waals surface area (Å²) in [5.41, 5.74) is 3.99. The van der Waals surface area contributed by atoms with Crippen molar-refractivity contribution in [1.82, 2.24) is 15.0 Å². The number of fused-ring (bicyclic) bond motifs is 1. The molecule has 0 spiro atoms. The second kappa shape index (κ2) is 6.22. The fourth-order valence-electron chi connectivity index (χ4n) is 2.84. The van der Waals surface area contributed by atoms with Gasteiger partial charge in [0.1, 0.15) is 19.4 Å². The van der Waals surface area contributed by atoms with Crippen molar-refractivity contribution in [3.05, 3.63) is 59.2 Å². The Morgan fingerprint density at radius 1 is 1.04 bits per heavy atom. The van der Waals surface area contributed by atoms with Crippen LogP contribution in [0.4, 0.5) is 0 Å². The summed E-state index contributed by atoms with van der Waals surface area (Å²) in [5.74, 6) is 1.42. The average Bonchev–Trinajstić information content (AvgIpc) is 3.13. The van der Waals surface area contributed by atoms with E-state index in [0.29, 0.717) is 15.7 Å². The summed E-state index contributed by atoms with van der Waals surface area (Å²) < 4.78 is 6.02. The molecule has 2 heterocycles. The van der Waals surface area contributed by atoms with Crippen molar-refractivity contribution >= 4 is 36.4 Å². The molecule has 0 aliphatic carbocycles. The maximum atomic E-state index is 6.21. The zero-order chi connectivity index (χ0) is 17.4. The molecule has 120 valence electrons. The van der Waals surface area contributed by atoms with Crippen molar-refractivity contribution in [2.45, 2.75) is 0 Å². The highest BCUT2D eigenvalue weighted by atomic mass is 32.1. The summed E-state index contributed by atoms with van der Waals surface area (Å²) in [6.07, 6.45) is 1.78. The molecular formula is C19H14BN3OS. The first-order chi connectivity index (χ1) is 12.2. The highest BCUT2D eigenvalue weighted by molar-refractivity contribution is 7.71. The van der Waals surface area contributed by atoms with Crippen LogP contribution in [-0.4, -0.2) is 29.9 Å². The number of benzene rings is 2. The summed E-state index contributed by atoms with van der Waals surface area (Å²) >= 11 is 5.53. The van der Waals surface area contributed by atoms with Crippen LogP contribution in [0, 0.1) is 4.51 Å². The van der Waals surface area contributed by atoms with E-state index in [9.17, 15) is 0 Å². The van der Waals surface area contributed by atoms with Gasteiger partial charge in [-0.05, 0) is 23.7 Å². The lowest BCUT2D eigenvalue weighted by Crippen LogP contribution is -2.10. The number of hydrogen-bond donors (Lipinski definition) is 2. The standard InChI is InChI=1S/C19H14BN3OS/c1-24-15-8-7-12-16(25)9-13(22-18(12)17(15)20)14-10-21-19(23-14)11-5-3-2-4-6-11/h2-10H,1H3,(H,21,23)(H,22,25). The lowest BCUT2D eigenvalue weighted by molar-refractivity contribution is 0.418. The molecule has 0 bridgehead atoms. The summed E-state index contributed by atoms with van der Waals surface area (Å²) in [4.78, 5) is 11.1. The van der Waals surface area contributed by atoms with Crippen LogP contribution < -0.4 is 10.2 Å². The molecule has 0 unspecified atom stereocenters. The van der Waals surface area contributed by atoms with Crippen LogP contribution in [0.3, 0.4) is 0 Å². The van der Waals surface area contributed by atoms with Gasteiger partial charge in [-0.1, -0.05) is 42.5 Å². The van der Waals surface area contributed by atoms with E-state index < -0.39 is 0 Å². The highest BCUT2D eigenvalue weighted by Gasteiger charge is 2.10. The fraction of sp³-hybridized carbons (Fsp3) is 0.0526. The Bertz CT molecular complexity index is 1120. The summed E-state index contributed by atoms with van der Waals surface area (Å²) in [7, 11) is 7.81. The van der Waals surface area contributed by atoms with E-state index in [1.54, 1.807) is 13.3 Å². The average molecular weight is 343 g/mol. The number of methoxy groups -OCH3 is 1. The van der Waals surface area contributed by atoms with Crippen molar-refractivity contribution in [1.29, 1.82) is 0 Å². The van der Waals surface area contributed by atoms with Crippen molar-refractivity contribution in [3.8, 4) is 28.5 Å². The summed E-state index contributed by atoms with van der Waals surface area (Å²) in [6, 6.07) is 15.6. The van der Waals surface area contributed by atoms with Gasteiger partial charge in [0.05, 0.1) is 24.7 Å². The van der Waals surface area contributed by atoms with Crippen LogP contribution >= 0.6 is 12.2 Å². The predicted molar refractivity (Wildman–Crippen MR) is 104 cm³/mol. The molecule has 0 amide bonds. The minimum atomic E-state index is 0.538. The first-order valence-corrected chi connectivity index (χ1v) is 8.18. The third-order valence-corrected chi connectivity index (χ3v) is 4.48. The quantitative estimate of drug-likeness (QED) is 0.440. The number of H-pyrrole nitrogens is 2. The minimum Gasteiger partial charge on any atom is -0.497 e. The monoisotopic (exact) mass is 343 g/mol. The predicted octanol–water partition coefficient (Wildman–Crippen LogP) is 3.76. The molecule has 2 aromatic carbocycles. The Labute approximate surface area is 151 Å². The minimum absolute atomic E-state index is 0.538. The number of hydrogen-bond acceptors (Lipinski definition) is 3. The van der Waals surface area contributed by atoms with E-state index in [2.05, 4.69) is 15.0 Å². The van der Waals surface area contributed by atoms with Gasteiger partial charge in [-0.25, -0.2) is 4.98 Å². The Morgan fingerprint density at radius 2 is 1.84 bits per heavy atom. The molecule has 0 saturated heterocycles. The van der Waals surface area contributed by atoms with Crippen LogP contribution in [0.5, 0.6) is 5.75 Å². The van der Waals surface area contributed by atoms with Gasteiger partial charge in [0, 0.05) is 21.0 Å². The van der Waals surface area contributed by atoms with Gasteiger partial charge in [-0.3, -0.25) is 0 Å². The lowest BCUT2D eigenvalue weighted by Gasteiger charge is -2.10. The third kappa shape index (κ3) is 2.74. The molecule has 2 radical (unpaired) electrons. The van der Waals surface area contributed by atoms with Gasteiger partial charge < -0.3 is 14.7 Å². The van der Waals surface area contributed by atoms with Gasteiger partial charge >= 0.3 is 0 Å². The number of aromatic nitrogens is 3. The fourth-order valence-corrected chi connectivity index (χ4v) is 3.13. The number of nitrogens with zero attached hydrogens (tertiary/aromatic N) is 1. The Morgan fingerprint density at radius 3 is 2.60 bits per heavy atom. The Balaban J connectivity index is 1.86. The number of nitrogens with one attached hydrogen (secondary N) is 2. The second-order valence-electron chi connectivity index (χ2n) is 5.66. The van der Waals surface area contributed by atoms with E-state index in [1.807, 2.05) is 48.5 Å². The number of ether oxygens (including phenoxy) is 1. The van der Waals surface area contributed by atoms with E-state index >= 15 is 0 Å². The van der Waals surface area contributed by atoms with Gasteiger partial charge in [-0.15, -0.1) is 0 Å². The van der Waals surface area contributed by atoms with Gasteiger partial charge in [-0.2, -0.15) is 0 Å². The zero-order valence-electron chi connectivity index (χ0n) is 13.5. The SMILES string of the molecule is [B]c1c(OC)ccc2c(=S)cc(-c3cnc(-c4ccccc4)[nH]3)[nH]c12. The van der Waals surface area contributed by atoms with Gasteiger partial charge in [0.15, 0.2) is 0 Å². The van der Waals surface area contributed by atoms with E-state index in [0.717, 1.165) is 33.7 Å². The molecule has 0 fully saturated rings. The summed E-state index contributed by atoms with van der Waals surface area (Å²) in [6.45, 7) is 0. The van der Waals surface area contributed by atoms with Crippen LogP contribution in [0.2, 0.25) is 0 Å². The largest absolute Gasteiger partial charge is 0.497 e. The van der Waals surface area contributed by atoms with Crippen molar-refractivity contribution < 1.29 is 4.74 Å². The molecular weight excluding hydrogens is 329 g/mol. The Hall–Kier alpha value is -2.86. The van der Waals surface area contributed by atoms with Gasteiger partial charge in [0.2, 0.25) is 0 Å². The van der Waals surface area contributed by atoms with Crippen LogP contribution in [0.25, 0.3) is 33.7 Å². The van der Waals surface area contributed by atoms with E-state index in [-0.39, 0.29) is 0 Å². The number of imidazole rings is 1. The topological polar surface area (TPSA) is 53.7 Å². The number of rotatable bonds is 3. The molecule has 0 atom stereocenters. The van der Waals surface area contributed by atoms with Gasteiger partial charge in [0.25, 0.3) is 0 Å². The van der Waals surface area contributed by atoms with Crippen molar-refractivity contribution in [3.63, 3.8) is 0 Å². The molecule has 2 aromatic heterocycles. The van der Waals surface area contributed by atoms with E-state index in [4.69, 9.17) is 24.8 Å². The number of pyridine rings is 1. The maximum Gasteiger partial charge on any atom is 0.137 e. The normalized spacial score (nSPS) is 10.9. The molecule has 4 aromatic rings. The van der Waals surface area contributed by atoms with Crippen molar-refractivity contribution in [2.75, 3.05) is 7.11 Å². The van der Waals surface area contributed by atoms with Crippen LogP contribution in [0.1, 0.15) is 0 Å². The highest BCUT2D eigenvalue weighted by Crippen LogP contribution is 2.24. The third-order valence-electron chi connectivity index (χ3n) is 4.14. The van der Waals surface area contributed by atoms with E-state index in [1.165, 1.54) is 0 Å². The van der Waals surface area contributed by atoms with Crippen LogP contribution in [-0.2, 0) is 0 Å². The second-order valence-corrected chi connectivity index (χ2v) is 6.10. The smallest absolute Gasteiger partial charge is 0.137 e. The molecule has 6 heteroatoms. The first-order valence-electron chi connectivity index (χ1n) is 7.77. The maximum absolute atomic E-state index is 6.21. The summed E-state index contributed by atoms with van der Waals surface area (Å²) in [5, 5.41) is 0.889.